The van der Waals surface area contributed by atoms with E-state index in [0.717, 1.165) is 27.8 Å². The van der Waals surface area contributed by atoms with Gasteiger partial charge in [0.1, 0.15) is 24.1 Å². The number of esters is 1. The summed E-state index contributed by atoms with van der Waals surface area (Å²) in [6.07, 6.45) is -0.680. The summed E-state index contributed by atoms with van der Waals surface area (Å²) >= 11 is 1.49. The van der Waals surface area contributed by atoms with E-state index < -0.39 is 24.1 Å². The Morgan fingerprint density at radius 1 is 0.946 bits per heavy atom. The Hall–Kier alpha value is -3.78. The van der Waals surface area contributed by atoms with E-state index in [-0.39, 0.29) is 23.8 Å². The number of nitrogens with one attached hydrogen (secondary N) is 1. The second-order valence-electron chi connectivity index (χ2n) is 9.07. The van der Waals surface area contributed by atoms with Gasteiger partial charge >= 0.3 is 12.1 Å². The second-order valence-corrected chi connectivity index (χ2v) is 10.2. The average molecular weight is 517 g/mol. The number of carbonyl (C=O) groups excluding carboxylic acids is 3. The number of amides is 2. The molecular formula is C29H28N2O5S. The molecule has 1 saturated heterocycles. The van der Waals surface area contributed by atoms with Crippen molar-refractivity contribution >= 4 is 29.7 Å². The minimum atomic E-state index is -0.896. The fourth-order valence-corrected chi connectivity index (χ4v) is 6.49. The molecule has 8 heteroatoms. The van der Waals surface area contributed by atoms with Crippen LogP contribution in [-0.2, 0) is 19.1 Å². The van der Waals surface area contributed by atoms with Crippen LogP contribution in [0.1, 0.15) is 34.9 Å². The molecule has 0 radical (unpaired) electrons. The topological polar surface area (TPSA) is 84.9 Å². The second kappa shape index (κ2) is 10.7. The SMILES string of the molecule is COC(=O)[C@@H]1CSC(c2ccccc2)N1C(=O)[C@H](C)NC(=O)OCC1c2ccccc2-c2ccccc21. The summed E-state index contributed by atoms with van der Waals surface area (Å²) in [5.74, 6) is -0.518. The molecule has 0 spiro atoms. The third kappa shape index (κ3) is 4.81. The van der Waals surface area contributed by atoms with Crippen LogP contribution in [0, 0.1) is 0 Å². The van der Waals surface area contributed by atoms with Crippen molar-refractivity contribution in [2.24, 2.45) is 0 Å². The minimum Gasteiger partial charge on any atom is -0.467 e. The molecule has 0 aromatic heterocycles. The zero-order valence-corrected chi connectivity index (χ0v) is 21.4. The zero-order valence-electron chi connectivity index (χ0n) is 20.6. The van der Waals surface area contributed by atoms with Crippen LogP contribution in [0.5, 0.6) is 0 Å². The predicted molar refractivity (Wildman–Crippen MR) is 142 cm³/mol. The number of hydrogen-bond donors (Lipinski definition) is 1. The molecule has 2 amide bonds. The molecule has 1 heterocycles. The van der Waals surface area contributed by atoms with Crippen molar-refractivity contribution in [3.8, 4) is 11.1 Å². The fraction of sp³-hybridized carbons (Fsp3) is 0.276. The first kappa shape index (κ1) is 24.9. The van der Waals surface area contributed by atoms with Crippen LogP contribution in [0.2, 0.25) is 0 Å². The summed E-state index contributed by atoms with van der Waals surface area (Å²) in [4.78, 5) is 40.3. The molecule has 3 aromatic rings. The van der Waals surface area contributed by atoms with Gasteiger partial charge in [0.2, 0.25) is 5.91 Å². The molecule has 7 nitrogen and oxygen atoms in total. The number of rotatable bonds is 6. The Labute approximate surface area is 220 Å². The van der Waals surface area contributed by atoms with E-state index in [1.165, 1.54) is 23.8 Å². The highest BCUT2D eigenvalue weighted by atomic mass is 32.2. The van der Waals surface area contributed by atoms with E-state index in [4.69, 9.17) is 9.47 Å². The van der Waals surface area contributed by atoms with Gasteiger partial charge in [-0.05, 0) is 34.7 Å². The molecule has 0 bridgehead atoms. The van der Waals surface area contributed by atoms with E-state index in [1.807, 2.05) is 54.6 Å². The smallest absolute Gasteiger partial charge is 0.407 e. The molecule has 1 fully saturated rings. The van der Waals surface area contributed by atoms with Gasteiger partial charge in [0.05, 0.1) is 7.11 Å². The number of nitrogens with zero attached hydrogens (tertiary/aromatic N) is 1. The summed E-state index contributed by atoms with van der Waals surface area (Å²) in [5.41, 5.74) is 5.41. The molecular weight excluding hydrogens is 488 g/mol. The van der Waals surface area contributed by atoms with Crippen LogP contribution in [0.4, 0.5) is 4.79 Å². The molecule has 37 heavy (non-hydrogen) atoms. The molecule has 1 aliphatic carbocycles. The van der Waals surface area contributed by atoms with Crippen molar-refractivity contribution in [2.75, 3.05) is 19.5 Å². The number of carbonyl (C=O) groups is 3. The lowest BCUT2D eigenvalue weighted by molar-refractivity contribution is -0.152. The molecule has 2 aliphatic rings. The van der Waals surface area contributed by atoms with Gasteiger partial charge in [-0.2, -0.15) is 0 Å². The van der Waals surface area contributed by atoms with E-state index in [2.05, 4.69) is 29.6 Å². The van der Waals surface area contributed by atoms with Crippen LogP contribution < -0.4 is 5.32 Å². The Kier molecular flexibility index (Phi) is 7.19. The summed E-state index contributed by atoms with van der Waals surface area (Å²) in [7, 11) is 1.31. The number of thioether (sulfide) groups is 1. The van der Waals surface area contributed by atoms with Gasteiger partial charge in [-0.1, -0.05) is 78.9 Å². The Morgan fingerprint density at radius 2 is 1.54 bits per heavy atom. The normalized spacial score (nSPS) is 19.0. The molecule has 5 rings (SSSR count). The van der Waals surface area contributed by atoms with Gasteiger partial charge in [0.25, 0.3) is 0 Å². The quantitative estimate of drug-likeness (QED) is 0.477. The Bertz CT molecular complexity index is 1270. The van der Waals surface area contributed by atoms with Gasteiger partial charge in [-0.3, -0.25) is 4.79 Å². The van der Waals surface area contributed by atoms with E-state index in [0.29, 0.717) is 5.75 Å². The van der Waals surface area contributed by atoms with E-state index >= 15 is 0 Å². The molecule has 1 unspecified atom stereocenters. The van der Waals surface area contributed by atoms with Crippen molar-refractivity contribution in [1.82, 2.24) is 10.2 Å². The van der Waals surface area contributed by atoms with Crippen LogP contribution in [0.25, 0.3) is 11.1 Å². The van der Waals surface area contributed by atoms with Gasteiger partial charge < -0.3 is 19.7 Å². The van der Waals surface area contributed by atoms with Gasteiger partial charge in [-0.25, -0.2) is 9.59 Å². The Balaban J connectivity index is 1.27. The van der Waals surface area contributed by atoms with Crippen LogP contribution in [0.3, 0.4) is 0 Å². The summed E-state index contributed by atoms with van der Waals surface area (Å²) < 4.78 is 10.6. The number of benzene rings is 3. The highest BCUT2D eigenvalue weighted by Gasteiger charge is 2.44. The van der Waals surface area contributed by atoms with Gasteiger partial charge in [0, 0.05) is 11.7 Å². The van der Waals surface area contributed by atoms with Crippen LogP contribution in [0.15, 0.2) is 78.9 Å². The number of hydrogen-bond acceptors (Lipinski definition) is 6. The minimum absolute atomic E-state index is 0.0784. The summed E-state index contributed by atoms with van der Waals surface area (Å²) in [6, 6.07) is 24.1. The largest absolute Gasteiger partial charge is 0.467 e. The van der Waals surface area contributed by atoms with Crippen molar-refractivity contribution in [3.05, 3.63) is 95.6 Å². The molecule has 0 saturated carbocycles. The number of methoxy groups -OCH3 is 1. The average Bonchev–Trinajstić information content (AvgIpc) is 3.51. The highest BCUT2D eigenvalue weighted by Crippen LogP contribution is 2.45. The fourth-order valence-electron chi connectivity index (χ4n) is 5.07. The molecule has 190 valence electrons. The number of fused-ring (bicyclic) bond motifs is 3. The van der Waals surface area contributed by atoms with Crippen molar-refractivity contribution in [2.45, 2.75) is 30.3 Å². The zero-order chi connectivity index (χ0) is 25.9. The lowest BCUT2D eigenvalue weighted by Crippen LogP contribution is -2.52. The first-order valence-corrected chi connectivity index (χ1v) is 13.2. The standard InChI is InChI=1S/C29H28N2O5S/c1-18(26(32)31-25(28(33)35-2)17-37-27(31)19-10-4-3-5-11-19)30-29(34)36-16-24-22-14-8-6-12-20(22)21-13-7-9-15-23(21)24/h3-15,18,24-25,27H,16-17H2,1-2H3,(H,30,34)/t18-,25-,27?/m0/s1. The highest BCUT2D eigenvalue weighted by molar-refractivity contribution is 7.99. The van der Waals surface area contributed by atoms with Gasteiger partial charge in [0.15, 0.2) is 0 Å². The maximum atomic E-state index is 13.5. The summed E-state index contributed by atoms with van der Waals surface area (Å²) in [5, 5.41) is 2.31. The molecule has 3 atom stereocenters. The third-order valence-corrected chi connectivity index (χ3v) is 8.18. The van der Waals surface area contributed by atoms with Crippen molar-refractivity contribution in [1.29, 1.82) is 0 Å². The maximum absolute atomic E-state index is 13.5. The predicted octanol–water partition coefficient (Wildman–Crippen LogP) is 4.73. The molecule has 1 N–H and O–H groups in total. The first-order chi connectivity index (χ1) is 18.0. The van der Waals surface area contributed by atoms with Crippen LogP contribution in [-0.4, -0.2) is 54.4 Å². The molecule has 3 aromatic carbocycles. The van der Waals surface area contributed by atoms with Crippen molar-refractivity contribution < 1.29 is 23.9 Å². The summed E-state index contributed by atoms with van der Waals surface area (Å²) in [6.45, 7) is 1.75. The lowest BCUT2D eigenvalue weighted by Gasteiger charge is -2.30. The number of ether oxygens (including phenoxy) is 2. The first-order valence-electron chi connectivity index (χ1n) is 12.2. The monoisotopic (exact) mass is 516 g/mol. The van der Waals surface area contributed by atoms with E-state index in [1.54, 1.807) is 6.92 Å². The van der Waals surface area contributed by atoms with Gasteiger partial charge in [-0.15, -0.1) is 11.8 Å². The number of alkyl carbamates (subject to hydrolysis) is 1. The maximum Gasteiger partial charge on any atom is 0.407 e. The van der Waals surface area contributed by atoms with E-state index in [9.17, 15) is 14.4 Å². The third-order valence-electron chi connectivity index (χ3n) is 6.86. The molecule has 1 aliphatic heterocycles. The van der Waals surface area contributed by atoms with Crippen molar-refractivity contribution in [3.63, 3.8) is 0 Å². The Morgan fingerprint density at radius 3 is 2.16 bits per heavy atom. The van der Waals surface area contributed by atoms with Crippen LogP contribution >= 0.6 is 11.8 Å². The lowest BCUT2D eigenvalue weighted by atomic mass is 9.98.